The minimum Gasteiger partial charge on any atom is -0.466 e. The predicted octanol–water partition coefficient (Wildman–Crippen LogP) is 1.92. The summed E-state index contributed by atoms with van der Waals surface area (Å²) in [6, 6.07) is 0. The van der Waals surface area contributed by atoms with Gasteiger partial charge in [0.1, 0.15) is 6.10 Å². The molecule has 0 aliphatic rings. The van der Waals surface area contributed by atoms with Crippen LogP contribution in [-0.4, -0.2) is 27.2 Å². The molecule has 0 radical (unpaired) electrons. The summed E-state index contributed by atoms with van der Waals surface area (Å²) >= 11 is 0. The van der Waals surface area contributed by atoms with Crippen LogP contribution in [0.1, 0.15) is 45.4 Å². The molecule has 5 heteroatoms. The number of aliphatic hydroxyl groups is 1. The molecule has 1 heterocycles. The Morgan fingerprint density at radius 2 is 2.22 bits per heavy atom. The molecule has 0 aliphatic heterocycles. The Morgan fingerprint density at radius 3 is 2.78 bits per heavy atom. The minimum absolute atomic E-state index is 0.332. The highest BCUT2D eigenvalue weighted by atomic mass is 16.5. The first-order chi connectivity index (χ1) is 8.65. The maximum atomic E-state index is 11.9. The number of carbonyl (C=O) groups is 1. The molecule has 0 saturated heterocycles. The molecule has 18 heavy (non-hydrogen) atoms. The number of carbonyl (C=O) groups excluding carboxylic acids is 1. The lowest BCUT2D eigenvalue weighted by molar-refractivity contribution is -0.152. The predicted molar refractivity (Wildman–Crippen MR) is 67.9 cm³/mol. The largest absolute Gasteiger partial charge is 0.466 e. The highest BCUT2D eigenvalue weighted by Gasteiger charge is 2.30. The van der Waals surface area contributed by atoms with Gasteiger partial charge in [-0.3, -0.25) is 4.79 Å². The summed E-state index contributed by atoms with van der Waals surface area (Å²) in [6.45, 7) is 6.77. The molecule has 5 nitrogen and oxygen atoms in total. The van der Waals surface area contributed by atoms with E-state index in [-0.39, 0.29) is 5.97 Å². The average Bonchev–Trinajstić information content (AvgIpc) is 2.83. The summed E-state index contributed by atoms with van der Waals surface area (Å²) in [5.41, 5.74) is 0.670. The highest BCUT2D eigenvalue weighted by molar-refractivity contribution is 5.73. The first-order valence-electron chi connectivity index (χ1n) is 6.50. The number of hydrogen-bond donors (Lipinski definition) is 1. The van der Waals surface area contributed by atoms with Crippen molar-refractivity contribution in [1.29, 1.82) is 0 Å². The third-order valence-corrected chi connectivity index (χ3v) is 2.96. The number of imidazole rings is 1. The zero-order valence-electron chi connectivity index (χ0n) is 11.3. The Labute approximate surface area is 108 Å². The SMILES string of the molecule is CCCC(C(=O)OCC)C(O)c1cncn1CC. The normalized spacial score (nSPS) is 14.2. The smallest absolute Gasteiger partial charge is 0.311 e. The van der Waals surface area contributed by atoms with Gasteiger partial charge in [-0.2, -0.15) is 0 Å². The number of aromatic nitrogens is 2. The average molecular weight is 254 g/mol. The fourth-order valence-electron chi connectivity index (χ4n) is 2.01. The van der Waals surface area contributed by atoms with Gasteiger partial charge in [-0.05, 0) is 20.3 Å². The van der Waals surface area contributed by atoms with Crippen LogP contribution in [0.5, 0.6) is 0 Å². The summed E-state index contributed by atoms with van der Waals surface area (Å²) in [7, 11) is 0. The molecule has 2 atom stereocenters. The molecule has 0 saturated carbocycles. The molecule has 0 amide bonds. The first kappa shape index (κ1) is 14.7. The van der Waals surface area contributed by atoms with Crippen molar-refractivity contribution in [3.63, 3.8) is 0 Å². The van der Waals surface area contributed by atoms with Gasteiger partial charge in [0, 0.05) is 6.54 Å². The van der Waals surface area contributed by atoms with Gasteiger partial charge in [-0.25, -0.2) is 4.98 Å². The van der Waals surface area contributed by atoms with E-state index in [9.17, 15) is 9.90 Å². The van der Waals surface area contributed by atoms with E-state index in [1.807, 2.05) is 18.4 Å². The second-order valence-electron chi connectivity index (χ2n) is 4.20. The van der Waals surface area contributed by atoms with Crippen LogP contribution in [0.25, 0.3) is 0 Å². The molecule has 1 rings (SSSR count). The van der Waals surface area contributed by atoms with E-state index in [2.05, 4.69) is 4.98 Å². The van der Waals surface area contributed by atoms with E-state index in [1.165, 1.54) is 0 Å². The number of esters is 1. The van der Waals surface area contributed by atoms with E-state index < -0.39 is 12.0 Å². The van der Waals surface area contributed by atoms with Crippen LogP contribution in [0.2, 0.25) is 0 Å². The first-order valence-corrected chi connectivity index (χ1v) is 6.50. The maximum Gasteiger partial charge on any atom is 0.311 e. The molecule has 2 unspecified atom stereocenters. The van der Waals surface area contributed by atoms with Crippen molar-refractivity contribution < 1.29 is 14.6 Å². The zero-order chi connectivity index (χ0) is 13.5. The number of ether oxygens (including phenoxy) is 1. The number of aryl methyl sites for hydroxylation is 1. The van der Waals surface area contributed by atoms with Gasteiger partial charge in [0.25, 0.3) is 0 Å². The molecule has 0 fully saturated rings. The van der Waals surface area contributed by atoms with Crippen molar-refractivity contribution in [2.75, 3.05) is 6.61 Å². The highest BCUT2D eigenvalue weighted by Crippen LogP contribution is 2.26. The number of aliphatic hydroxyl groups excluding tert-OH is 1. The standard InChI is InChI=1S/C13H22N2O3/c1-4-7-10(13(17)18-6-3)12(16)11-8-14-9-15(11)5-2/h8-10,12,16H,4-7H2,1-3H3. The maximum absolute atomic E-state index is 11.9. The molecule has 0 spiro atoms. The summed E-state index contributed by atoms with van der Waals surface area (Å²) in [6.07, 6.45) is 3.84. The van der Waals surface area contributed by atoms with Gasteiger partial charge in [-0.15, -0.1) is 0 Å². The second-order valence-corrected chi connectivity index (χ2v) is 4.20. The molecule has 0 aromatic carbocycles. The molecular weight excluding hydrogens is 232 g/mol. The van der Waals surface area contributed by atoms with E-state index in [1.54, 1.807) is 19.4 Å². The molecule has 0 bridgehead atoms. The van der Waals surface area contributed by atoms with Gasteiger partial charge in [0.15, 0.2) is 0 Å². The van der Waals surface area contributed by atoms with Crippen molar-refractivity contribution >= 4 is 5.97 Å². The Balaban J connectivity index is 2.88. The van der Waals surface area contributed by atoms with Crippen LogP contribution >= 0.6 is 0 Å². The molecule has 1 aromatic rings. The van der Waals surface area contributed by atoms with Crippen LogP contribution in [0.3, 0.4) is 0 Å². The fourth-order valence-corrected chi connectivity index (χ4v) is 2.01. The van der Waals surface area contributed by atoms with Gasteiger partial charge in [0.05, 0.1) is 30.7 Å². The Bertz CT molecular complexity index is 376. The minimum atomic E-state index is -0.855. The lowest BCUT2D eigenvalue weighted by Gasteiger charge is -2.21. The zero-order valence-corrected chi connectivity index (χ0v) is 11.3. The van der Waals surface area contributed by atoms with Gasteiger partial charge in [-0.1, -0.05) is 13.3 Å². The third-order valence-electron chi connectivity index (χ3n) is 2.96. The number of rotatable bonds is 7. The quantitative estimate of drug-likeness (QED) is 0.755. The topological polar surface area (TPSA) is 64.3 Å². The lowest BCUT2D eigenvalue weighted by atomic mass is 9.95. The molecule has 0 aliphatic carbocycles. The second kappa shape index (κ2) is 7.16. The van der Waals surface area contributed by atoms with Crippen LogP contribution in [0, 0.1) is 5.92 Å². The molecular formula is C13H22N2O3. The van der Waals surface area contributed by atoms with Crippen molar-refractivity contribution in [1.82, 2.24) is 9.55 Å². The lowest BCUT2D eigenvalue weighted by Crippen LogP contribution is -2.26. The summed E-state index contributed by atoms with van der Waals surface area (Å²) < 4.78 is 6.86. The summed E-state index contributed by atoms with van der Waals surface area (Å²) in [5.74, 6) is -0.854. The summed E-state index contributed by atoms with van der Waals surface area (Å²) in [5, 5.41) is 10.3. The van der Waals surface area contributed by atoms with Crippen LogP contribution in [-0.2, 0) is 16.1 Å². The monoisotopic (exact) mass is 254 g/mol. The van der Waals surface area contributed by atoms with Crippen molar-refractivity contribution in [3.05, 3.63) is 18.2 Å². The van der Waals surface area contributed by atoms with Crippen molar-refractivity contribution in [2.45, 2.75) is 46.3 Å². The van der Waals surface area contributed by atoms with Gasteiger partial charge in [0.2, 0.25) is 0 Å². The van der Waals surface area contributed by atoms with E-state index in [0.717, 1.165) is 6.42 Å². The van der Waals surface area contributed by atoms with Gasteiger partial charge >= 0.3 is 5.97 Å². The third kappa shape index (κ3) is 3.32. The van der Waals surface area contributed by atoms with E-state index in [4.69, 9.17) is 4.74 Å². The van der Waals surface area contributed by atoms with Crippen molar-refractivity contribution in [3.8, 4) is 0 Å². The van der Waals surface area contributed by atoms with Crippen LogP contribution in [0.15, 0.2) is 12.5 Å². The Morgan fingerprint density at radius 1 is 1.50 bits per heavy atom. The molecule has 1 N–H and O–H groups in total. The Hall–Kier alpha value is -1.36. The van der Waals surface area contributed by atoms with Crippen LogP contribution < -0.4 is 0 Å². The van der Waals surface area contributed by atoms with E-state index in [0.29, 0.717) is 25.3 Å². The summed E-state index contributed by atoms with van der Waals surface area (Å²) in [4.78, 5) is 15.9. The molecule has 1 aromatic heterocycles. The van der Waals surface area contributed by atoms with Crippen LogP contribution in [0.4, 0.5) is 0 Å². The number of nitrogens with zero attached hydrogens (tertiary/aromatic N) is 2. The van der Waals surface area contributed by atoms with Gasteiger partial charge < -0.3 is 14.4 Å². The number of hydrogen-bond acceptors (Lipinski definition) is 4. The molecule has 102 valence electrons. The van der Waals surface area contributed by atoms with E-state index >= 15 is 0 Å². The fraction of sp³-hybridized carbons (Fsp3) is 0.692. The van der Waals surface area contributed by atoms with Crippen molar-refractivity contribution in [2.24, 2.45) is 5.92 Å². The Kier molecular flexibility index (Phi) is 5.85.